The number of nitrogens with zero attached hydrogens (tertiary/aromatic N) is 2. The van der Waals surface area contributed by atoms with Crippen molar-refractivity contribution < 1.29 is 4.79 Å². The summed E-state index contributed by atoms with van der Waals surface area (Å²) in [5.74, 6) is 0.813. The molecule has 2 aliphatic carbocycles. The van der Waals surface area contributed by atoms with Crippen LogP contribution in [0, 0.1) is 5.92 Å². The van der Waals surface area contributed by atoms with E-state index < -0.39 is 0 Å². The molecule has 2 heterocycles. The molecule has 4 rings (SSSR count). The van der Waals surface area contributed by atoms with Crippen LogP contribution >= 0.6 is 0 Å². The SMILES string of the molecule is O=C(Nc1cnc2[nH]ncc2c1C1CCCCCCCC1)C1CCCCCCC1. The zero-order chi connectivity index (χ0) is 19.9. The third-order valence-corrected chi connectivity index (χ3v) is 7.02. The van der Waals surface area contributed by atoms with Gasteiger partial charge < -0.3 is 5.32 Å². The number of H-pyrrole nitrogens is 1. The molecule has 0 atom stereocenters. The topological polar surface area (TPSA) is 70.7 Å². The molecule has 2 aliphatic rings. The number of hydrogen-bond donors (Lipinski definition) is 2. The zero-order valence-electron chi connectivity index (χ0n) is 17.7. The largest absolute Gasteiger partial charge is 0.324 e. The molecule has 0 spiro atoms. The Morgan fingerprint density at radius 3 is 2.07 bits per heavy atom. The molecule has 0 radical (unpaired) electrons. The zero-order valence-corrected chi connectivity index (χ0v) is 17.7. The van der Waals surface area contributed by atoms with Crippen LogP contribution < -0.4 is 5.32 Å². The van der Waals surface area contributed by atoms with Gasteiger partial charge in [-0.15, -0.1) is 0 Å². The Labute approximate surface area is 174 Å². The average molecular weight is 397 g/mol. The smallest absolute Gasteiger partial charge is 0.227 e. The highest BCUT2D eigenvalue weighted by Crippen LogP contribution is 2.38. The quantitative estimate of drug-likeness (QED) is 0.624. The van der Waals surface area contributed by atoms with E-state index >= 15 is 0 Å². The Hall–Kier alpha value is -1.91. The van der Waals surface area contributed by atoms with Crippen molar-refractivity contribution in [1.29, 1.82) is 0 Å². The number of pyridine rings is 1. The number of aromatic amines is 1. The Balaban J connectivity index is 1.59. The molecule has 2 N–H and O–H groups in total. The number of carbonyl (C=O) groups is 1. The average Bonchev–Trinajstić information content (AvgIpc) is 3.20. The van der Waals surface area contributed by atoms with Crippen LogP contribution in [0.25, 0.3) is 11.0 Å². The first-order valence-electron chi connectivity index (χ1n) is 12.0. The molecule has 0 aliphatic heterocycles. The normalized spacial score (nSPS) is 21.0. The van der Waals surface area contributed by atoms with Crippen LogP contribution in [0.4, 0.5) is 5.69 Å². The summed E-state index contributed by atoms with van der Waals surface area (Å²) in [5.41, 5.74) is 3.03. The van der Waals surface area contributed by atoms with Crippen LogP contribution in [0.3, 0.4) is 0 Å². The molecule has 29 heavy (non-hydrogen) atoms. The second-order valence-corrected chi connectivity index (χ2v) is 9.14. The Morgan fingerprint density at radius 1 is 0.828 bits per heavy atom. The molecular formula is C24H36N4O. The lowest BCUT2D eigenvalue weighted by molar-refractivity contribution is -0.120. The Bertz CT molecular complexity index is 781. The first-order chi connectivity index (χ1) is 14.3. The minimum absolute atomic E-state index is 0.142. The van der Waals surface area contributed by atoms with Gasteiger partial charge in [-0.25, -0.2) is 4.98 Å². The Kier molecular flexibility index (Phi) is 7.18. The number of carbonyl (C=O) groups excluding carboxylic acids is 1. The van der Waals surface area contributed by atoms with E-state index in [0.717, 1.165) is 29.6 Å². The van der Waals surface area contributed by atoms with E-state index in [2.05, 4.69) is 20.5 Å². The standard InChI is InChI=1S/C24H36N4O/c29-24(19-14-10-6-3-7-11-15-19)27-21-17-25-23-20(16-26-28-23)22(21)18-12-8-4-1-2-5-9-13-18/h16-19H,1-15H2,(H,27,29)(H,25,26,28). The molecule has 0 aromatic carbocycles. The van der Waals surface area contributed by atoms with Gasteiger partial charge in [0, 0.05) is 11.3 Å². The van der Waals surface area contributed by atoms with E-state index in [1.54, 1.807) is 0 Å². The summed E-state index contributed by atoms with van der Waals surface area (Å²) in [4.78, 5) is 17.7. The van der Waals surface area contributed by atoms with Crippen LogP contribution in [0.1, 0.15) is 108 Å². The highest BCUT2D eigenvalue weighted by atomic mass is 16.1. The highest BCUT2D eigenvalue weighted by molar-refractivity contribution is 5.96. The summed E-state index contributed by atoms with van der Waals surface area (Å²) in [6.45, 7) is 0. The first-order valence-corrected chi connectivity index (χ1v) is 12.0. The molecular weight excluding hydrogens is 360 g/mol. The lowest BCUT2D eigenvalue weighted by Gasteiger charge is -2.23. The first kappa shape index (κ1) is 20.4. The second-order valence-electron chi connectivity index (χ2n) is 9.14. The van der Waals surface area contributed by atoms with Crippen molar-refractivity contribution in [3.8, 4) is 0 Å². The van der Waals surface area contributed by atoms with Crippen LogP contribution in [0.5, 0.6) is 0 Å². The van der Waals surface area contributed by atoms with E-state index in [-0.39, 0.29) is 11.8 Å². The van der Waals surface area contributed by atoms with Gasteiger partial charge in [0.1, 0.15) is 0 Å². The Morgan fingerprint density at radius 2 is 1.41 bits per heavy atom. The fourth-order valence-corrected chi connectivity index (χ4v) is 5.33. The minimum Gasteiger partial charge on any atom is -0.324 e. The predicted octanol–water partition coefficient (Wildman–Crippen LogP) is 6.47. The van der Waals surface area contributed by atoms with Gasteiger partial charge in [-0.3, -0.25) is 9.89 Å². The van der Waals surface area contributed by atoms with E-state index in [1.807, 2.05) is 12.4 Å². The van der Waals surface area contributed by atoms with Crippen molar-refractivity contribution in [3.63, 3.8) is 0 Å². The summed E-state index contributed by atoms with van der Waals surface area (Å²) >= 11 is 0. The molecule has 0 bridgehead atoms. The van der Waals surface area contributed by atoms with E-state index in [4.69, 9.17) is 0 Å². The molecule has 2 fully saturated rings. The van der Waals surface area contributed by atoms with Crippen LogP contribution in [0.15, 0.2) is 12.4 Å². The van der Waals surface area contributed by atoms with Crippen molar-refractivity contribution in [1.82, 2.24) is 15.2 Å². The van der Waals surface area contributed by atoms with Gasteiger partial charge in [-0.1, -0.05) is 70.6 Å². The van der Waals surface area contributed by atoms with Gasteiger partial charge in [0.2, 0.25) is 5.91 Å². The number of hydrogen-bond acceptors (Lipinski definition) is 3. The summed E-state index contributed by atoms with van der Waals surface area (Å²) < 4.78 is 0. The van der Waals surface area contributed by atoms with Crippen LogP contribution in [0.2, 0.25) is 0 Å². The minimum atomic E-state index is 0.142. The fraction of sp³-hybridized carbons (Fsp3) is 0.708. The highest BCUT2D eigenvalue weighted by Gasteiger charge is 2.24. The number of aromatic nitrogens is 3. The lowest BCUT2D eigenvalue weighted by atomic mass is 9.87. The number of anilines is 1. The van der Waals surface area contributed by atoms with Gasteiger partial charge in [0.25, 0.3) is 0 Å². The molecule has 2 aromatic rings. The number of nitrogens with one attached hydrogen (secondary N) is 2. The molecule has 1 amide bonds. The lowest BCUT2D eigenvalue weighted by Crippen LogP contribution is -2.24. The van der Waals surface area contributed by atoms with Crippen LogP contribution in [-0.4, -0.2) is 21.1 Å². The van der Waals surface area contributed by atoms with Crippen molar-refractivity contribution >= 4 is 22.6 Å². The van der Waals surface area contributed by atoms with E-state index in [0.29, 0.717) is 5.92 Å². The van der Waals surface area contributed by atoms with Gasteiger partial charge in [-0.2, -0.15) is 5.10 Å². The third kappa shape index (κ3) is 5.18. The van der Waals surface area contributed by atoms with Gasteiger partial charge in [0.15, 0.2) is 5.65 Å². The van der Waals surface area contributed by atoms with Crippen molar-refractivity contribution in [2.24, 2.45) is 5.92 Å². The maximum absolute atomic E-state index is 13.2. The van der Waals surface area contributed by atoms with Gasteiger partial charge >= 0.3 is 0 Å². The molecule has 5 heteroatoms. The van der Waals surface area contributed by atoms with Gasteiger partial charge in [-0.05, 0) is 37.2 Å². The van der Waals surface area contributed by atoms with Crippen molar-refractivity contribution in [3.05, 3.63) is 18.0 Å². The maximum atomic E-state index is 13.2. The van der Waals surface area contributed by atoms with Crippen LogP contribution in [-0.2, 0) is 4.79 Å². The number of rotatable bonds is 3. The number of amides is 1. The van der Waals surface area contributed by atoms with Gasteiger partial charge in [0.05, 0.1) is 18.1 Å². The van der Waals surface area contributed by atoms with Crippen molar-refractivity contribution in [2.75, 3.05) is 5.32 Å². The summed E-state index contributed by atoms with van der Waals surface area (Å²) in [6.07, 6.45) is 22.3. The molecule has 2 saturated carbocycles. The predicted molar refractivity (Wildman–Crippen MR) is 118 cm³/mol. The third-order valence-electron chi connectivity index (χ3n) is 7.02. The van der Waals surface area contributed by atoms with E-state index in [9.17, 15) is 4.79 Å². The fourth-order valence-electron chi connectivity index (χ4n) is 5.33. The maximum Gasteiger partial charge on any atom is 0.227 e. The summed E-state index contributed by atoms with van der Waals surface area (Å²) in [5, 5.41) is 11.7. The summed E-state index contributed by atoms with van der Waals surface area (Å²) in [7, 11) is 0. The molecule has 2 aromatic heterocycles. The molecule has 158 valence electrons. The number of fused-ring (bicyclic) bond motifs is 1. The molecule has 0 saturated heterocycles. The van der Waals surface area contributed by atoms with E-state index in [1.165, 1.54) is 89.0 Å². The summed E-state index contributed by atoms with van der Waals surface area (Å²) in [6, 6.07) is 0. The second kappa shape index (κ2) is 10.2. The molecule has 0 unspecified atom stereocenters. The monoisotopic (exact) mass is 396 g/mol. The van der Waals surface area contributed by atoms with Crippen molar-refractivity contribution in [2.45, 2.75) is 102 Å². The molecule has 5 nitrogen and oxygen atoms in total.